The molecule has 1 atom stereocenters. The second kappa shape index (κ2) is 6.74. The molecule has 1 unspecified atom stereocenters. The lowest BCUT2D eigenvalue weighted by atomic mass is 10.1. The Morgan fingerprint density at radius 2 is 1.95 bits per heavy atom. The molecule has 0 aliphatic heterocycles. The fourth-order valence-electron chi connectivity index (χ4n) is 1.94. The van der Waals surface area contributed by atoms with E-state index in [4.69, 9.17) is 10.5 Å². The van der Waals surface area contributed by atoms with Crippen LogP contribution in [0.5, 0.6) is 11.5 Å². The summed E-state index contributed by atoms with van der Waals surface area (Å²) >= 11 is 3.43. The molecule has 21 heavy (non-hydrogen) atoms. The van der Waals surface area contributed by atoms with Gasteiger partial charge in [0.2, 0.25) is 5.91 Å². The van der Waals surface area contributed by atoms with Gasteiger partial charge in [-0.1, -0.05) is 28.1 Å². The number of benzene rings is 2. The van der Waals surface area contributed by atoms with Gasteiger partial charge in [0.25, 0.3) is 0 Å². The molecule has 110 valence electrons. The van der Waals surface area contributed by atoms with Crippen LogP contribution in [0.2, 0.25) is 0 Å². The van der Waals surface area contributed by atoms with E-state index in [2.05, 4.69) is 21.2 Å². The molecule has 2 aromatic rings. The van der Waals surface area contributed by atoms with Gasteiger partial charge < -0.3 is 15.8 Å². The van der Waals surface area contributed by atoms with E-state index in [1.165, 1.54) is 6.92 Å². The zero-order valence-electron chi connectivity index (χ0n) is 11.9. The number of para-hydroxylation sites is 2. The summed E-state index contributed by atoms with van der Waals surface area (Å²) in [4.78, 5) is 11.2. The number of carbonyl (C=O) groups is 1. The number of hydrogen-bond acceptors (Lipinski definition) is 3. The Kier molecular flexibility index (Phi) is 4.98. The SMILES string of the molecule is CC(=O)Nc1ccccc1Oc1ccc(Br)cc1C(C)N. The third-order valence-corrected chi connectivity index (χ3v) is 3.37. The van der Waals surface area contributed by atoms with Crippen LogP contribution in [-0.4, -0.2) is 5.91 Å². The third kappa shape index (κ3) is 4.06. The molecule has 2 rings (SSSR count). The van der Waals surface area contributed by atoms with Crippen LogP contribution in [0, 0.1) is 0 Å². The van der Waals surface area contributed by atoms with E-state index in [1.807, 2.05) is 37.3 Å². The monoisotopic (exact) mass is 348 g/mol. The first-order chi connectivity index (χ1) is 9.97. The van der Waals surface area contributed by atoms with Gasteiger partial charge in [-0.25, -0.2) is 0 Å². The Balaban J connectivity index is 2.36. The van der Waals surface area contributed by atoms with Gasteiger partial charge in [0.1, 0.15) is 5.75 Å². The van der Waals surface area contributed by atoms with Crippen molar-refractivity contribution < 1.29 is 9.53 Å². The molecular weight excluding hydrogens is 332 g/mol. The lowest BCUT2D eigenvalue weighted by Gasteiger charge is -2.16. The van der Waals surface area contributed by atoms with Crippen LogP contribution in [0.1, 0.15) is 25.5 Å². The summed E-state index contributed by atoms with van der Waals surface area (Å²) in [6.45, 7) is 3.36. The zero-order chi connectivity index (χ0) is 15.4. The van der Waals surface area contributed by atoms with Gasteiger partial charge in [0.15, 0.2) is 5.75 Å². The van der Waals surface area contributed by atoms with Crippen molar-refractivity contribution in [1.29, 1.82) is 0 Å². The predicted octanol–water partition coefficient (Wildman–Crippen LogP) is 4.22. The van der Waals surface area contributed by atoms with E-state index in [1.54, 1.807) is 12.1 Å². The van der Waals surface area contributed by atoms with Crippen molar-refractivity contribution in [2.45, 2.75) is 19.9 Å². The van der Waals surface area contributed by atoms with Crippen molar-refractivity contribution in [1.82, 2.24) is 0 Å². The van der Waals surface area contributed by atoms with E-state index < -0.39 is 0 Å². The van der Waals surface area contributed by atoms with Crippen LogP contribution in [0.3, 0.4) is 0 Å². The van der Waals surface area contributed by atoms with Crippen LogP contribution in [0.4, 0.5) is 5.69 Å². The molecular formula is C16H17BrN2O2. The molecule has 0 heterocycles. The molecule has 0 bridgehead atoms. The number of carbonyl (C=O) groups excluding carboxylic acids is 1. The maximum atomic E-state index is 11.2. The normalized spacial score (nSPS) is 11.8. The Labute approximate surface area is 132 Å². The maximum absolute atomic E-state index is 11.2. The molecule has 5 heteroatoms. The maximum Gasteiger partial charge on any atom is 0.221 e. The van der Waals surface area contributed by atoms with E-state index in [9.17, 15) is 4.79 Å². The van der Waals surface area contributed by atoms with Gasteiger partial charge >= 0.3 is 0 Å². The summed E-state index contributed by atoms with van der Waals surface area (Å²) in [5, 5.41) is 2.75. The lowest BCUT2D eigenvalue weighted by molar-refractivity contribution is -0.114. The Morgan fingerprint density at radius 3 is 2.62 bits per heavy atom. The summed E-state index contributed by atoms with van der Waals surface area (Å²) in [5.41, 5.74) is 7.50. The van der Waals surface area contributed by atoms with Crippen LogP contribution in [0.25, 0.3) is 0 Å². The molecule has 2 aromatic carbocycles. The Morgan fingerprint density at radius 1 is 1.24 bits per heavy atom. The van der Waals surface area contributed by atoms with Crippen LogP contribution < -0.4 is 15.8 Å². The van der Waals surface area contributed by atoms with Crippen LogP contribution >= 0.6 is 15.9 Å². The molecule has 0 spiro atoms. The standard InChI is InChI=1S/C16H17BrN2O2/c1-10(18)13-9-12(17)7-8-15(13)21-16-6-4-3-5-14(16)19-11(2)20/h3-10H,18H2,1-2H3,(H,19,20). The highest BCUT2D eigenvalue weighted by molar-refractivity contribution is 9.10. The van der Waals surface area contributed by atoms with Gasteiger partial charge in [-0.05, 0) is 37.3 Å². The highest BCUT2D eigenvalue weighted by Gasteiger charge is 2.12. The first-order valence-electron chi connectivity index (χ1n) is 6.57. The number of rotatable bonds is 4. The summed E-state index contributed by atoms with van der Waals surface area (Å²) in [5.74, 6) is 1.11. The van der Waals surface area contributed by atoms with Gasteiger partial charge in [-0.2, -0.15) is 0 Å². The minimum Gasteiger partial charge on any atom is -0.455 e. The molecule has 1 amide bonds. The van der Waals surface area contributed by atoms with E-state index in [0.29, 0.717) is 17.2 Å². The van der Waals surface area contributed by atoms with Crippen molar-refractivity contribution in [2.24, 2.45) is 5.73 Å². The van der Waals surface area contributed by atoms with Gasteiger partial charge in [-0.15, -0.1) is 0 Å². The summed E-state index contributed by atoms with van der Waals surface area (Å²) < 4.78 is 6.88. The first-order valence-corrected chi connectivity index (χ1v) is 7.36. The summed E-state index contributed by atoms with van der Waals surface area (Å²) in [6, 6.07) is 12.8. The summed E-state index contributed by atoms with van der Waals surface area (Å²) in [7, 11) is 0. The predicted molar refractivity (Wildman–Crippen MR) is 87.6 cm³/mol. The van der Waals surface area contributed by atoms with Crippen molar-refractivity contribution >= 4 is 27.5 Å². The fraction of sp³-hybridized carbons (Fsp3) is 0.188. The number of nitrogens with two attached hydrogens (primary N) is 1. The highest BCUT2D eigenvalue weighted by Crippen LogP contribution is 2.34. The van der Waals surface area contributed by atoms with E-state index >= 15 is 0 Å². The topological polar surface area (TPSA) is 64.3 Å². The minimum absolute atomic E-state index is 0.144. The van der Waals surface area contributed by atoms with Crippen molar-refractivity contribution in [3.8, 4) is 11.5 Å². The van der Waals surface area contributed by atoms with Gasteiger partial charge in [-0.3, -0.25) is 4.79 Å². The molecule has 4 nitrogen and oxygen atoms in total. The smallest absolute Gasteiger partial charge is 0.221 e. The lowest BCUT2D eigenvalue weighted by Crippen LogP contribution is -2.09. The first kappa shape index (κ1) is 15.5. The second-order valence-corrected chi connectivity index (χ2v) is 5.67. The molecule has 0 aliphatic carbocycles. The Bertz CT molecular complexity index is 656. The van der Waals surface area contributed by atoms with Gasteiger partial charge in [0.05, 0.1) is 5.69 Å². The number of ether oxygens (including phenoxy) is 1. The van der Waals surface area contributed by atoms with Crippen LogP contribution in [0.15, 0.2) is 46.9 Å². The quantitative estimate of drug-likeness (QED) is 0.869. The number of hydrogen-bond donors (Lipinski definition) is 2. The zero-order valence-corrected chi connectivity index (χ0v) is 13.5. The Hall–Kier alpha value is -1.85. The van der Waals surface area contributed by atoms with E-state index in [-0.39, 0.29) is 11.9 Å². The number of anilines is 1. The van der Waals surface area contributed by atoms with E-state index in [0.717, 1.165) is 10.0 Å². The molecule has 0 radical (unpaired) electrons. The molecule has 0 aromatic heterocycles. The average molecular weight is 349 g/mol. The number of nitrogens with one attached hydrogen (secondary N) is 1. The number of halogens is 1. The third-order valence-electron chi connectivity index (χ3n) is 2.88. The average Bonchev–Trinajstić information content (AvgIpc) is 2.42. The van der Waals surface area contributed by atoms with Crippen LogP contribution in [-0.2, 0) is 4.79 Å². The minimum atomic E-state index is -0.162. The molecule has 3 N–H and O–H groups in total. The molecule has 0 fully saturated rings. The molecule has 0 saturated heterocycles. The summed E-state index contributed by atoms with van der Waals surface area (Å²) in [6.07, 6.45) is 0. The van der Waals surface area contributed by atoms with Crippen molar-refractivity contribution in [2.75, 3.05) is 5.32 Å². The second-order valence-electron chi connectivity index (χ2n) is 4.75. The van der Waals surface area contributed by atoms with Gasteiger partial charge in [0, 0.05) is 23.0 Å². The number of amides is 1. The largest absolute Gasteiger partial charge is 0.455 e. The molecule has 0 aliphatic rings. The fourth-order valence-corrected chi connectivity index (χ4v) is 2.31. The highest BCUT2D eigenvalue weighted by atomic mass is 79.9. The van der Waals surface area contributed by atoms with Crippen molar-refractivity contribution in [3.05, 3.63) is 52.5 Å². The molecule has 0 saturated carbocycles. The van der Waals surface area contributed by atoms with Crippen molar-refractivity contribution in [3.63, 3.8) is 0 Å².